The lowest BCUT2D eigenvalue weighted by atomic mass is 9.96. The molecule has 0 aliphatic rings. The zero-order valence-corrected chi connectivity index (χ0v) is 15.9. The van der Waals surface area contributed by atoms with Crippen molar-refractivity contribution < 1.29 is 0 Å². The van der Waals surface area contributed by atoms with Gasteiger partial charge in [0.15, 0.2) is 0 Å². The average molecular weight is 347 g/mol. The summed E-state index contributed by atoms with van der Waals surface area (Å²) in [6, 6.07) is 0. The summed E-state index contributed by atoms with van der Waals surface area (Å²) in [5.74, 6) is 0.941. The Balaban J connectivity index is 3.28. The number of rotatable bonds is 16. The maximum Gasteiger partial charge on any atom is 0.00596 e. The molecule has 0 nitrogen and oxygen atoms in total. The summed E-state index contributed by atoms with van der Waals surface area (Å²) >= 11 is 3.71. The first-order valence-electron chi connectivity index (χ1n) is 9.41. The van der Waals surface area contributed by atoms with Gasteiger partial charge in [0, 0.05) is 5.33 Å². The van der Waals surface area contributed by atoms with Crippen LogP contribution in [0.3, 0.4) is 0 Å². The second-order valence-electron chi connectivity index (χ2n) is 6.49. The Morgan fingerprint density at radius 2 is 0.900 bits per heavy atom. The zero-order valence-electron chi connectivity index (χ0n) is 14.3. The monoisotopic (exact) mass is 346 g/mol. The number of unbranched alkanes of at least 4 members (excludes halogenated alkanes) is 11. The molecule has 0 aromatic rings. The maximum atomic E-state index is 3.71. The highest BCUT2D eigenvalue weighted by Crippen LogP contribution is 2.20. The van der Waals surface area contributed by atoms with Crippen molar-refractivity contribution in [2.75, 3.05) is 5.33 Å². The molecule has 0 radical (unpaired) electrons. The molecule has 0 saturated carbocycles. The average Bonchev–Trinajstić information content (AvgIpc) is 2.47. The molecule has 0 aliphatic carbocycles. The van der Waals surface area contributed by atoms with Crippen LogP contribution in [-0.2, 0) is 0 Å². The van der Waals surface area contributed by atoms with Gasteiger partial charge in [0.2, 0.25) is 0 Å². The fourth-order valence-electron chi connectivity index (χ4n) is 2.90. The van der Waals surface area contributed by atoms with Gasteiger partial charge < -0.3 is 0 Å². The third-order valence-electron chi connectivity index (χ3n) is 4.40. The first-order chi connectivity index (χ1) is 9.85. The second-order valence-corrected chi connectivity index (χ2v) is 7.13. The van der Waals surface area contributed by atoms with Gasteiger partial charge in [0.25, 0.3) is 0 Å². The molecule has 0 saturated heterocycles. The van der Waals surface area contributed by atoms with E-state index in [1.54, 1.807) is 0 Å². The van der Waals surface area contributed by atoms with Crippen LogP contribution in [-0.4, -0.2) is 5.33 Å². The van der Waals surface area contributed by atoms with Crippen molar-refractivity contribution in [3.05, 3.63) is 0 Å². The lowest BCUT2D eigenvalue weighted by molar-refractivity contribution is 0.439. The van der Waals surface area contributed by atoms with Gasteiger partial charge in [-0.2, -0.15) is 0 Å². The van der Waals surface area contributed by atoms with Crippen molar-refractivity contribution in [3.63, 3.8) is 0 Å². The quantitative estimate of drug-likeness (QED) is 0.197. The van der Waals surface area contributed by atoms with E-state index in [4.69, 9.17) is 0 Å². The first kappa shape index (κ1) is 20.5. The van der Waals surface area contributed by atoms with E-state index in [-0.39, 0.29) is 0 Å². The molecular weight excluding hydrogens is 308 g/mol. The standard InChI is InChI=1S/C19H39Br/c1-3-5-7-9-10-11-13-15-17-19(18-20)16-14-12-8-6-4-2/h19H,3-18H2,1-2H3. The van der Waals surface area contributed by atoms with E-state index in [9.17, 15) is 0 Å². The summed E-state index contributed by atoms with van der Waals surface area (Å²) in [6.45, 7) is 4.59. The molecule has 0 N–H and O–H groups in total. The molecule has 1 atom stereocenters. The molecule has 122 valence electrons. The summed E-state index contributed by atoms with van der Waals surface area (Å²) < 4.78 is 0. The van der Waals surface area contributed by atoms with Gasteiger partial charge in [-0.25, -0.2) is 0 Å². The number of halogens is 1. The zero-order chi connectivity index (χ0) is 14.9. The minimum absolute atomic E-state index is 0.941. The van der Waals surface area contributed by atoms with Crippen LogP contribution >= 0.6 is 15.9 Å². The minimum atomic E-state index is 0.941. The summed E-state index contributed by atoms with van der Waals surface area (Å²) in [5.41, 5.74) is 0. The van der Waals surface area contributed by atoms with Crippen LogP contribution in [0.15, 0.2) is 0 Å². The summed E-state index contributed by atoms with van der Waals surface area (Å²) in [6.07, 6.45) is 21.6. The van der Waals surface area contributed by atoms with Gasteiger partial charge in [-0.3, -0.25) is 0 Å². The normalized spacial score (nSPS) is 12.8. The van der Waals surface area contributed by atoms with Crippen LogP contribution in [0.5, 0.6) is 0 Å². The van der Waals surface area contributed by atoms with Crippen LogP contribution in [0, 0.1) is 5.92 Å². The molecule has 0 heterocycles. The minimum Gasteiger partial charge on any atom is -0.0925 e. The van der Waals surface area contributed by atoms with Gasteiger partial charge in [0.05, 0.1) is 0 Å². The topological polar surface area (TPSA) is 0 Å². The van der Waals surface area contributed by atoms with E-state index in [2.05, 4.69) is 29.8 Å². The lowest BCUT2D eigenvalue weighted by Crippen LogP contribution is -2.02. The molecule has 0 bridgehead atoms. The van der Waals surface area contributed by atoms with Crippen LogP contribution in [0.1, 0.15) is 110 Å². The van der Waals surface area contributed by atoms with Gasteiger partial charge >= 0.3 is 0 Å². The number of hydrogen-bond donors (Lipinski definition) is 0. The predicted octanol–water partition coefficient (Wildman–Crippen LogP) is 7.89. The van der Waals surface area contributed by atoms with E-state index < -0.39 is 0 Å². The van der Waals surface area contributed by atoms with Crippen LogP contribution in [0.25, 0.3) is 0 Å². The number of hydrogen-bond acceptors (Lipinski definition) is 0. The highest BCUT2D eigenvalue weighted by Gasteiger charge is 2.06. The van der Waals surface area contributed by atoms with Crippen molar-refractivity contribution in [3.8, 4) is 0 Å². The molecule has 1 heteroatoms. The molecule has 0 aromatic heterocycles. The van der Waals surface area contributed by atoms with Gasteiger partial charge in [-0.05, 0) is 18.8 Å². The Bertz CT molecular complexity index is 167. The Morgan fingerprint density at radius 3 is 1.25 bits per heavy atom. The van der Waals surface area contributed by atoms with Crippen molar-refractivity contribution in [1.82, 2.24) is 0 Å². The second kappa shape index (κ2) is 17.5. The van der Waals surface area contributed by atoms with E-state index in [0.717, 1.165) is 5.92 Å². The van der Waals surface area contributed by atoms with E-state index in [1.807, 2.05) is 0 Å². The van der Waals surface area contributed by atoms with E-state index >= 15 is 0 Å². The predicted molar refractivity (Wildman–Crippen MR) is 97.9 cm³/mol. The van der Waals surface area contributed by atoms with Crippen LogP contribution < -0.4 is 0 Å². The molecule has 1 unspecified atom stereocenters. The van der Waals surface area contributed by atoms with Crippen molar-refractivity contribution in [2.45, 2.75) is 110 Å². The van der Waals surface area contributed by atoms with Crippen LogP contribution in [0.2, 0.25) is 0 Å². The van der Waals surface area contributed by atoms with Gasteiger partial charge in [0.1, 0.15) is 0 Å². The molecule has 0 rings (SSSR count). The highest BCUT2D eigenvalue weighted by molar-refractivity contribution is 9.09. The van der Waals surface area contributed by atoms with Crippen molar-refractivity contribution >= 4 is 15.9 Å². The highest BCUT2D eigenvalue weighted by atomic mass is 79.9. The van der Waals surface area contributed by atoms with E-state index in [1.165, 1.54) is 102 Å². The number of alkyl halides is 1. The maximum absolute atomic E-state index is 3.71. The fourth-order valence-corrected chi connectivity index (χ4v) is 3.55. The first-order valence-corrected chi connectivity index (χ1v) is 10.5. The van der Waals surface area contributed by atoms with Crippen LogP contribution in [0.4, 0.5) is 0 Å². The Kier molecular flexibility index (Phi) is 18.0. The van der Waals surface area contributed by atoms with E-state index in [0.29, 0.717) is 0 Å². The molecule has 0 fully saturated rings. The third kappa shape index (κ3) is 14.9. The SMILES string of the molecule is CCCCCCCCCCC(CBr)CCCCCCC. The molecule has 0 aliphatic heterocycles. The Hall–Kier alpha value is 0.480. The molecule has 0 aromatic carbocycles. The lowest BCUT2D eigenvalue weighted by Gasteiger charge is -2.13. The molecule has 0 spiro atoms. The molecule has 20 heavy (non-hydrogen) atoms. The van der Waals surface area contributed by atoms with Gasteiger partial charge in [-0.15, -0.1) is 0 Å². The Labute approximate surface area is 137 Å². The van der Waals surface area contributed by atoms with Gasteiger partial charge in [-0.1, -0.05) is 113 Å². The summed E-state index contributed by atoms with van der Waals surface area (Å²) in [5, 5.41) is 1.22. The summed E-state index contributed by atoms with van der Waals surface area (Å²) in [4.78, 5) is 0. The molecular formula is C19H39Br. The summed E-state index contributed by atoms with van der Waals surface area (Å²) in [7, 11) is 0. The third-order valence-corrected chi connectivity index (χ3v) is 5.32. The Morgan fingerprint density at radius 1 is 0.550 bits per heavy atom. The fraction of sp³-hybridized carbons (Fsp3) is 1.00. The van der Waals surface area contributed by atoms with Crippen molar-refractivity contribution in [1.29, 1.82) is 0 Å². The molecule has 0 amide bonds. The smallest absolute Gasteiger partial charge is 0.00596 e. The van der Waals surface area contributed by atoms with Crippen molar-refractivity contribution in [2.24, 2.45) is 5.92 Å². The largest absolute Gasteiger partial charge is 0.0925 e.